The zero-order chi connectivity index (χ0) is 18.3. The molecule has 7 nitrogen and oxygen atoms in total. The lowest BCUT2D eigenvalue weighted by atomic mass is 10.1. The summed E-state index contributed by atoms with van der Waals surface area (Å²) in [4.78, 5) is 26.8. The van der Waals surface area contributed by atoms with Crippen molar-refractivity contribution < 1.29 is 23.5 Å². The number of fused-ring (bicyclic) bond motifs is 3. The summed E-state index contributed by atoms with van der Waals surface area (Å²) in [6.45, 7) is 1.71. The molecule has 0 aliphatic carbocycles. The molecular weight excluding hydrogens is 365 g/mol. The summed E-state index contributed by atoms with van der Waals surface area (Å²) in [6, 6.07) is 3.23. The zero-order valence-electron chi connectivity index (χ0n) is 14.0. The number of anilines is 2. The first-order valence-electron chi connectivity index (χ1n) is 8.60. The van der Waals surface area contributed by atoms with Crippen LogP contribution in [0.4, 0.5) is 20.6 Å². The van der Waals surface area contributed by atoms with Crippen molar-refractivity contribution in [1.82, 2.24) is 5.32 Å². The van der Waals surface area contributed by atoms with E-state index in [2.05, 4.69) is 5.32 Å². The number of carbonyl (C=O) groups is 2. The number of alkyl halides is 1. The van der Waals surface area contributed by atoms with E-state index in [0.29, 0.717) is 23.7 Å². The minimum Gasteiger partial charge on any atom is -0.489 e. The molecule has 9 heteroatoms. The summed E-state index contributed by atoms with van der Waals surface area (Å²) in [6.07, 6.45) is 0.916. The van der Waals surface area contributed by atoms with Crippen LogP contribution in [0, 0.1) is 5.82 Å². The second-order valence-corrected chi connectivity index (χ2v) is 6.90. The highest BCUT2D eigenvalue weighted by Gasteiger charge is 2.37. The Balaban J connectivity index is 1.52. The zero-order valence-corrected chi connectivity index (χ0v) is 14.8. The van der Waals surface area contributed by atoms with E-state index in [1.165, 1.54) is 11.0 Å². The second-order valence-electron chi connectivity index (χ2n) is 6.63. The molecule has 1 aromatic rings. The van der Waals surface area contributed by atoms with Gasteiger partial charge in [0.1, 0.15) is 30.0 Å². The third-order valence-corrected chi connectivity index (χ3v) is 5.19. The van der Waals surface area contributed by atoms with Crippen molar-refractivity contribution in [2.75, 3.05) is 41.9 Å². The standard InChI is InChI=1S/C17H19ClFN3O4/c18-6-15(23)20-7-12-8-22(17(24)26-12)11-4-13(19)16-14(5-11)25-9-10-2-1-3-21(10)16/h4-5,10,12H,1-3,6-9H2,(H,20,23)/t10-,12-/m0/s1. The van der Waals surface area contributed by atoms with Crippen LogP contribution in [-0.2, 0) is 9.53 Å². The predicted molar refractivity (Wildman–Crippen MR) is 93.6 cm³/mol. The fraction of sp³-hybridized carbons (Fsp3) is 0.529. The topological polar surface area (TPSA) is 71.1 Å². The highest BCUT2D eigenvalue weighted by Crippen LogP contribution is 2.42. The molecular formula is C17H19ClFN3O4. The lowest BCUT2D eigenvalue weighted by Gasteiger charge is -2.34. The predicted octanol–water partition coefficient (Wildman–Crippen LogP) is 1.87. The second kappa shape index (κ2) is 6.83. The van der Waals surface area contributed by atoms with Crippen molar-refractivity contribution in [2.45, 2.75) is 25.0 Å². The van der Waals surface area contributed by atoms with E-state index < -0.39 is 18.0 Å². The van der Waals surface area contributed by atoms with Gasteiger partial charge in [-0.3, -0.25) is 9.69 Å². The summed E-state index contributed by atoms with van der Waals surface area (Å²) in [5.74, 6) is -0.454. The number of nitrogens with zero attached hydrogens (tertiary/aromatic N) is 2. The molecule has 2 atom stereocenters. The Labute approximate surface area is 155 Å². The third kappa shape index (κ3) is 3.02. The van der Waals surface area contributed by atoms with Gasteiger partial charge in [0, 0.05) is 18.7 Å². The van der Waals surface area contributed by atoms with Crippen molar-refractivity contribution in [1.29, 1.82) is 0 Å². The molecule has 1 N–H and O–H groups in total. The monoisotopic (exact) mass is 383 g/mol. The van der Waals surface area contributed by atoms with Crippen LogP contribution in [0.25, 0.3) is 0 Å². The average molecular weight is 384 g/mol. The van der Waals surface area contributed by atoms with E-state index in [4.69, 9.17) is 21.1 Å². The Morgan fingerprint density at radius 1 is 1.42 bits per heavy atom. The number of carbonyl (C=O) groups excluding carboxylic acids is 2. The van der Waals surface area contributed by atoms with Gasteiger partial charge in [-0.25, -0.2) is 9.18 Å². The van der Waals surface area contributed by atoms with Crippen molar-refractivity contribution in [3.8, 4) is 5.75 Å². The van der Waals surface area contributed by atoms with Gasteiger partial charge in [-0.05, 0) is 12.8 Å². The Morgan fingerprint density at radius 2 is 2.27 bits per heavy atom. The van der Waals surface area contributed by atoms with Crippen LogP contribution in [0.2, 0.25) is 0 Å². The van der Waals surface area contributed by atoms with Gasteiger partial charge < -0.3 is 19.7 Å². The Hall–Kier alpha value is -2.22. The van der Waals surface area contributed by atoms with Crippen LogP contribution in [0.15, 0.2) is 12.1 Å². The van der Waals surface area contributed by atoms with E-state index in [1.54, 1.807) is 6.07 Å². The number of hydrogen-bond acceptors (Lipinski definition) is 5. The first-order chi connectivity index (χ1) is 12.6. The maximum absolute atomic E-state index is 14.8. The Kier molecular flexibility index (Phi) is 4.52. The lowest BCUT2D eigenvalue weighted by molar-refractivity contribution is -0.119. The van der Waals surface area contributed by atoms with Gasteiger partial charge >= 0.3 is 6.09 Å². The van der Waals surface area contributed by atoms with Gasteiger partial charge in [0.05, 0.1) is 24.8 Å². The van der Waals surface area contributed by atoms with Crippen molar-refractivity contribution in [2.24, 2.45) is 0 Å². The van der Waals surface area contributed by atoms with Crippen molar-refractivity contribution >= 4 is 35.0 Å². The molecule has 2 amide bonds. The molecule has 0 unspecified atom stereocenters. The summed E-state index contributed by atoms with van der Waals surface area (Å²) in [5, 5.41) is 2.57. The fourth-order valence-corrected chi connectivity index (χ4v) is 3.80. The van der Waals surface area contributed by atoms with Crippen LogP contribution in [0.5, 0.6) is 5.75 Å². The molecule has 3 aliphatic heterocycles. The number of benzene rings is 1. The molecule has 0 spiro atoms. The average Bonchev–Trinajstić information content (AvgIpc) is 3.25. The summed E-state index contributed by atoms with van der Waals surface area (Å²) in [5.41, 5.74) is 0.857. The number of amides is 2. The molecule has 1 aromatic carbocycles. The molecule has 3 heterocycles. The van der Waals surface area contributed by atoms with Crippen LogP contribution in [0.1, 0.15) is 12.8 Å². The van der Waals surface area contributed by atoms with Gasteiger partial charge in [0.15, 0.2) is 5.82 Å². The Bertz CT molecular complexity index is 747. The van der Waals surface area contributed by atoms with Crippen molar-refractivity contribution in [3.05, 3.63) is 17.9 Å². The van der Waals surface area contributed by atoms with E-state index in [0.717, 1.165) is 19.4 Å². The van der Waals surface area contributed by atoms with Gasteiger partial charge in [-0.2, -0.15) is 0 Å². The minimum absolute atomic E-state index is 0.157. The van der Waals surface area contributed by atoms with Crippen LogP contribution >= 0.6 is 11.6 Å². The summed E-state index contributed by atoms with van der Waals surface area (Å²) >= 11 is 5.42. The lowest BCUT2D eigenvalue weighted by Crippen LogP contribution is -2.39. The summed E-state index contributed by atoms with van der Waals surface area (Å²) in [7, 11) is 0. The molecule has 0 bridgehead atoms. The first-order valence-corrected chi connectivity index (χ1v) is 9.14. The van der Waals surface area contributed by atoms with Gasteiger partial charge in [-0.15, -0.1) is 11.6 Å². The normalized spacial score (nSPS) is 24.0. The van der Waals surface area contributed by atoms with E-state index in [-0.39, 0.29) is 30.9 Å². The smallest absolute Gasteiger partial charge is 0.414 e. The van der Waals surface area contributed by atoms with E-state index >= 15 is 0 Å². The quantitative estimate of drug-likeness (QED) is 0.804. The molecule has 26 heavy (non-hydrogen) atoms. The number of nitrogens with one attached hydrogen (secondary N) is 1. The highest BCUT2D eigenvalue weighted by atomic mass is 35.5. The number of halogens is 2. The summed E-state index contributed by atoms with van der Waals surface area (Å²) < 4.78 is 25.7. The largest absolute Gasteiger partial charge is 0.489 e. The molecule has 0 aromatic heterocycles. The number of ether oxygens (including phenoxy) is 2. The van der Waals surface area contributed by atoms with E-state index in [9.17, 15) is 14.0 Å². The highest BCUT2D eigenvalue weighted by molar-refractivity contribution is 6.27. The fourth-order valence-electron chi connectivity index (χ4n) is 3.71. The van der Waals surface area contributed by atoms with Gasteiger partial charge in [0.2, 0.25) is 5.91 Å². The van der Waals surface area contributed by atoms with Gasteiger partial charge in [-0.1, -0.05) is 0 Å². The van der Waals surface area contributed by atoms with Crippen LogP contribution in [0.3, 0.4) is 0 Å². The molecule has 3 aliphatic rings. The molecule has 4 rings (SSSR count). The first kappa shape index (κ1) is 17.2. The molecule has 0 radical (unpaired) electrons. The number of rotatable bonds is 4. The molecule has 0 saturated carbocycles. The molecule has 2 fully saturated rings. The number of hydrogen-bond donors (Lipinski definition) is 1. The van der Waals surface area contributed by atoms with Crippen LogP contribution < -0.4 is 19.9 Å². The van der Waals surface area contributed by atoms with E-state index in [1.807, 2.05) is 4.90 Å². The SMILES string of the molecule is O=C(CCl)NC[C@H]1CN(c2cc(F)c3c(c2)OC[C@@H]2CCCN32)C(=O)O1. The molecule has 2 saturated heterocycles. The maximum Gasteiger partial charge on any atom is 0.414 e. The Morgan fingerprint density at radius 3 is 3.08 bits per heavy atom. The number of cyclic esters (lactones) is 1. The third-order valence-electron chi connectivity index (χ3n) is 4.94. The minimum atomic E-state index is -0.579. The molecule has 140 valence electrons. The van der Waals surface area contributed by atoms with Gasteiger partial charge in [0.25, 0.3) is 0 Å². The van der Waals surface area contributed by atoms with Crippen molar-refractivity contribution in [3.63, 3.8) is 0 Å². The maximum atomic E-state index is 14.8. The van der Waals surface area contributed by atoms with Crippen LogP contribution in [-0.4, -0.2) is 56.3 Å².